The third-order valence-electron chi connectivity index (χ3n) is 5.46. The van der Waals surface area contributed by atoms with Gasteiger partial charge in [0, 0.05) is 26.5 Å². The number of aromatic nitrogens is 1. The second-order valence-electron chi connectivity index (χ2n) is 7.33. The van der Waals surface area contributed by atoms with Crippen molar-refractivity contribution in [2.24, 2.45) is 0 Å². The van der Waals surface area contributed by atoms with E-state index in [1.165, 1.54) is 0 Å². The van der Waals surface area contributed by atoms with E-state index >= 15 is 0 Å². The number of benzene rings is 3. The van der Waals surface area contributed by atoms with Gasteiger partial charge in [0.15, 0.2) is 0 Å². The van der Waals surface area contributed by atoms with E-state index in [0.717, 1.165) is 36.8 Å². The molecule has 1 amide bonds. The van der Waals surface area contributed by atoms with E-state index in [-0.39, 0.29) is 12.1 Å². The second kappa shape index (κ2) is 7.28. The monoisotopic (exact) mass is 506 g/mol. The molecule has 0 radical (unpaired) electrons. The fourth-order valence-corrected chi connectivity index (χ4v) is 4.39. The van der Waals surface area contributed by atoms with Gasteiger partial charge in [-0.05, 0) is 88.5 Å². The maximum absolute atomic E-state index is 13.7. The van der Waals surface area contributed by atoms with E-state index in [9.17, 15) is 4.79 Å². The van der Waals surface area contributed by atoms with E-state index in [2.05, 4.69) is 32.9 Å². The molecule has 0 fully saturated rings. The number of hydrogen-bond acceptors (Lipinski definition) is 4. The Morgan fingerprint density at radius 3 is 2.67 bits per heavy atom. The zero-order valence-corrected chi connectivity index (χ0v) is 18.4. The molecule has 0 spiro atoms. The standard InChI is InChI=1S/C24H19IN4O/c1-14-28-21-4-2-3-19(16-6-5-15-11-12-27-23(26)20(15)13-16)22(21)24(30)29(14)18-9-7-17(25)8-10-18/h2-14,28H,1H3,(H2,26,27). The quantitative estimate of drug-likeness (QED) is 0.352. The minimum Gasteiger partial charge on any atom is -0.383 e. The maximum Gasteiger partial charge on any atom is 0.262 e. The van der Waals surface area contributed by atoms with Crippen LogP contribution in [0.25, 0.3) is 21.9 Å². The molecule has 148 valence electrons. The first-order valence-corrected chi connectivity index (χ1v) is 10.7. The Bertz CT molecular complexity index is 1290. The van der Waals surface area contributed by atoms with Crippen molar-refractivity contribution >= 4 is 56.5 Å². The molecule has 1 unspecified atom stereocenters. The summed E-state index contributed by atoms with van der Waals surface area (Å²) in [5, 5.41) is 5.38. The molecule has 1 aromatic heterocycles. The van der Waals surface area contributed by atoms with Crippen molar-refractivity contribution in [1.29, 1.82) is 0 Å². The lowest BCUT2D eigenvalue weighted by molar-refractivity contribution is 0.0978. The van der Waals surface area contributed by atoms with Crippen molar-refractivity contribution in [3.8, 4) is 11.1 Å². The van der Waals surface area contributed by atoms with Crippen LogP contribution < -0.4 is 16.0 Å². The summed E-state index contributed by atoms with van der Waals surface area (Å²) >= 11 is 2.27. The SMILES string of the molecule is CC1Nc2cccc(-c3ccc4ccnc(N)c4c3)c2C(=O)N1c1ccc(I)cc1. The van der Waals surface area contributed by atoms with Crippen LogP contribution in [0.15, 0.2) is 72.9 Å². The highest BCUT2D eigenvalue weighted by Crippen LogP contribution is 2.37. The van der Waals surface area contributed by atoms with Crippen LogP contribution in [0.1, 0.15) is 17.3 Å². The molecular formula is C24H19IN4O. The van der Waals surface area contributed by atoms with E-state index < -0.39 is 0 Å². The summed E-state index contributed by atoms with van der Waals surface area (Å²) in [6.45, 7) is 1.99. The number of amides is 1. The van der Waals surface area contributed by atoms with E-state index in [4.69, 9.17) is 5.73 Å². The molecule has 0 bridgehead atoms. The smallest absolute Gasteiger partial charge is 0.262 e. The van der Waals surface area contributed by atoms with Gasteiger partial charge in [-0.15, -0.1) is 0 Å². The fourth-order valence-electron chi connectivity index (χ4n) is 4.03. The van der Waals surface area contributed by atoms with Gasteiger partial charge in [-0.25, -0.2) is 4.98 Å². The summed E-state index contributed by atoms with van der Waals surface area (Å²) in [6, 6.07) is 21.9. The Balaban J connectivity index is 1.66. The Labute approximate surface area is 188 Å². The third-order valence-corrected chi connectivity index (χ3v) is 6.18. The van der Waals surface area contributed by atoms with Gasteiger partial charge in [-0.1, -0.05) is 24.3 Å². The van der Waals surface area contributed by atoms with Crippen molar-refractivity contribution < 1.29 is 4.79 Å². The topological polar surface area (TPSA) is 71.2 Å². The number of carbonyl (C=O) groups excluding carboxylic acids is 1. The van der Waals surface area contributed by atoms with Gasteiger partial charge in [0.1, 0.15) is 12.0 Å². The number of nitrogens with zero attached hydrogens (tertiary/aromatic N) is 2. The van der Waals surface area contributed by atoms with Crippen LogP contribution in [0.4, 0.5) is 17.2 Å². The van der Waals surface area contributed by atoms with Crippen LogP contribution in [0.5, 0.6) is 0 Å². The van der Waals surface area contributed by atoms with Crippen molar-refractivity contribution in [3.63, 3.8) is 0 Å². The predicted octanol–water partition coefficient (Wildman–Crippen LogP) is 5.51. The number of nitrogen functional groups attached to an aromatic ring is 1. The lowest BCUT2D eigenvalue weighted by atomic mass is 9.94. The molecule has 3 aromatic carbocycles. The molecule has 1 aliphatic rings. The van der Waals surface area contributed by atoms with Gasteiger partial charge in [0.05, 0.1) is 5.56 Å². The van der Waals surface area contributed by atoms with Gasteiger partial charge in [0.25, 0.3) is 5.91 Å². The van der Waals surface area contributed by atoms with Crippen LogP contribution in [0.3, 0.4) is 0 Å². The molecule has 0 saturated carbocycles. The average Bonchev–Trinajstić information content (AvgIpc) is 2.75. The van der Waals surface area contributed by atoms with Crippen molar-refractivity contribution in [1.82, 2.24) is 4.98 Å². The molecule has 1 atom stereocenters. The fraction of sp³-hybridized carbons (Fsp3) is 0.0833. The number of anilines is 3. The summed E-state index contributed by atoms with van der Waals surface area (Å²) < 4.78 is 1.13. The predicted molar refractivity (Wildman–Crippen MR) is 131 cm³/mol. The van der Waals surface area contributed by atoms with Crippen LogP contribution in [-0.2, 0) is 0 Å². The molecule has 6 heteroatoms. The van der Waals surface area contributed by atoms with Crippen molar-refractivity contribution in [3.05, 3.63) is 82.1 Å². The average molecular weight is 506 g/mol. The first-order chi connectivity index (χ1) is 14.5. The van der Waals surface area contributed by atoms with Gasteiger partial charge >= 0.3 is 0 Å². The largest absolute Gasteiger partial charge is 0.383 e. The number of nitrogens with one attached hydrogen (secondary N) is 1. The highest BCUT2D eigenvalue weighted by molar-refractivity contribution is 14.1. The Morgan fingerprint density at radius 2 is 1.87 bits per heavy atom. The minimum absolute atomic E-state index is 0.0210. The number of carbonyl (C=O) groups is 1. The molecular weight excluding hydrogens is 487 g/mol. The molecule has 0 saturated heterocycles. The molecule has 5 rings (SSSR count). The van der Waals surface area contributed by atoms with Crippen molar-refractivity contribution in [2.45, 2.75) is 13.1 Å². The Hall–Kier alpha value is -3.13. The summed E-state index contributed by atoms with van der Waals surface area (Å²) in [6.07, 6.45) is 1.55. The number of halogens is 1. The van der Waals surface area contributed by atoms with Crippen LogP contribution >= 0.6 is 22.6 Å². The highest BCUT2D eigenvalue weighted by Gasteiger charge is 2.32. The lowest BCUT2D eigenvalue weighted by Crippen LogP contribution is -2.47. The summed E-state index contributed by atoms with van der Waals surface area (Å²) in [5.74, 6) is 0.463. The minimum atomic E-state index is -0.156. The number of hydrogen-bond donors (Lipinski definition) is 2. The number of rotatable bonds is 2. The maximum atomic E-state index is 13.7. The van der Waals surface area contributed by atoms with Crippen LogP contribution in [0, 0.1) is 3.57 Å². The molecule has 30 heavy (non-hydrogen) atoms. The molecule has 1 aliphatic heterocycles. The number of pyridine rings is 1. The van der Waals surface area contributed by atoms with E-state index in [1.54, 1.807) is 11.1 Å². The zero-order chi connectivity index (χ0) is 20.8. The zero-order valence-electron chi connectivity index (χ0n) is 16.3. The number of fused-ring (bicyclic) bond motifs is 2. The molecule has 0 aliphatic carbocycles. The van der Waals surface area contributed by atoms with Gasteiger partial charge in [-0.3, -0.25) is 9.69 Å². The van der Waals surface area contributed by atoms with E-state index in [0.29, 0.717) is 11.4 Å². The molecule has 3 N–H and O–H groups in total. The Morgan fingerprint density at radius 1 is 1.07 bits per heavy atom. The lowest BCUT2D eigenvalue weighted by Gasteiger charge is -2.36. The van der Waals surface area contributed by atoms with Crippen molar-refractivity contribution in [2.75, 3.05) is 16.0 Å². The highest BCUT2D eigenvalue weighted by atomic mass is 127. The van der Waals surface area contributed by atoms with Gasteiger partial charge in [-0.2, -0.15) is 0 Å². The molecule has 4 aromatic rings. The molecule has 5 nitrogen and oxygen atoms in total. The Kier molecular flexibility index (Phi) is 4.58. The number of nitrogens with two attached hydrogens (primary N) is 1. The molecule has 2 heterocycles. The van der Waals surface area contributed by atoms with Gasteiger partial charge < -0.3 is 11.1 Å². The first kappa shape index (κ1) is 18.9. The third kappa shape index (κ3) is 3.08. The van der Waals surface area contributed by atoms with Crippen LogP contribution in [-0.4, -0.2) is 17.1 Å². The first-order valence-electron chi connectivity index (χ1n) is 9.66. The summed E-state index contributed by atoms with van der Waals surface area (Å²) in [4.78, 5) is 19.7. The van der Waals surface area contributed by atoms with Crippen LogP contribution in [0.2, 0.25) is 0 Å². The van der Waals surface area contributed by atoms with E-state index in [1.807, 2.05) is 73.7 Å². The summed E-state index contributed by atoms with van der Waals surface area (Å²) in [5.41, 5.74) is 10.3. The second-order valence-corrected chi connectivity index (χ2v) is 8.58. The van der Waals surface area contributed by atoms with Gasteiger partial charge in [0.2, 0.25) is 0 Å². The summed E-state index contributed by atoms with van der Waals surface area (Å²) in [7, 11) is 0. The normalized spacial score (nSPS) is 15.7.